The summed E-state index contributed by atoms with van der Waals surface area (Å²) in [6, 6.07) is 2.04. The first-order chi connectivity index (χ1) is 12.2. The lowest BCUT2D eigenvalue weighted by Crippen LogP contribution is -2.41. The Bertz CT molecular complexity index is 711. The maximum absolute atomic E-state index is 12.5. The van der Waals surface area contributed by atoms with E-state index in [0.29, 0.717) is 11.8 Å². The van der Waals surface area contributed by atoms with Crippen molar-refractivity contribution in [1.29, 1.82) is 0 Å². The molecule has 2 aliphatic heterocycles. The van der Waals surface area contributed by atoms with Gasteiger partial charge in [-0.15, -0.1) is 0 Å². The van der Waals surface area contributed by atoms with Crippen LogP contribution in [-0.2, 0) is 11.3 Å². The topological polar surface area (TPSA) is 49.6 Å². The Morgan fingerprint density at radius 2 is 2.04 bits per heavy atom. The van der Waals surface area contributed by atoms with Gasteiger partial charge >= 0.3 is 0 Å². The molecule has 4 rings (SSSR count). The van der Waals surface area contributed by atoms with Gasteiger partial charge in [-0.05, 0) is 57.1 Å². The van der Waals surface area contributed by atoms with Crippen LogP contribution in [0.5, 0.6) is 0 Å². The van der Waals surface area contributed by atoms with Gasteiger partial charge in [0.25, 0.3) is 0 Å². The van der Waals surface area contributed by atoms with Gasteiger partial charge in [0.05, 0.1) is 5.69 Å². The predicted molar refractivity (Wildman–Crippen MR) is 98.4 cm³/mol. The van der Waals surface area contributed by atoms with E-state index in [1.807, 2.05) is 18.4 Å². The first-order valence-corrected chi connectivity index (χ1v) is 10.1. The summed E-state index contributed by atoms with van der Waals surface area (Å²) < 4.78 is 5.84. The lowest BCUT2D eigenvalue weighted by molar-refractivity contribution is -0.136. The summed E-state index contributed by atoms with van der Waals surface area (Å²) in [6.07, 6.45) is 4.26. The average Bonchev–Trinajstić information content (AvgIpc) is 3.38. The van der Waals surface area contributed by atoms with Crippen molar-refractivity contribution in [3.8, 4) is 11.5 Å². The van der Waals surface area contributed by atoms with Crippen molar-refractivity contribution in [2.24, 2.45) is 5.92 Å². The second-order valence-corrected chi connectivity index (χ2v) is 7.90. The van der Waals surface area contributed by atoms with E-state index in [9.17, 15) is 4.79 Å². The van der Waals surface area contributed by atoms with Crippen molar-refractivity contribution in [2.45, 2.75) is 39.2 Å². The molecule has 0 bridgehead atoms. The highest BCUT2D eigenvalue weighted by Gasteiger charge is 2.30. The lowest BCUT2D eigenvalue weighted by atomic mass is 9.95. The first kappa shape index (κ1) is 16.8. The van der Waals surface area contributed by atoms with Crippen LogP contribution < -0.4 is 0 Å². The zero-order valence-corrected chi connectivity index (χ0v) is 15.6. The van der Waals surface area contributed by atoms with Gasteiger partial charge in [0.15, 0.2) is 0 Å². The number of carbonyl (C=O) groups is 1. The molecule has 0 aliphatic carbocycles. The smallest absolute Gasteiger partial charge is 0.227 e. The highest BCUT2D eigenvalue weighted by molar-refractivity contribution is 7.08. The Labute approximate surface area is 152 Å². The van der Waals surface area contributed by atoms with Crippen molar-refractivity contribution in [1.82, 2.24) is 14.8 Å². The van der Waals surface area contributed by atoms with Crippen LogP contribution in [0.25, 0.3) is 11.5 Å². The van der Waals surface area contributed by atoms with Crippen LogP contribution in [0, 0.1) is 12.8 Å². The van der Waals surface area contributed by atoms with E-state index < -0.39 is 0 Å². The second-order valence-electron chi connectivity index (χ2n) is 7.12. The Hall–Kier alpha value is -1.66. The van der Waals surface area contributed by atoms with Crippen molar-refractivity contribution in [2.75, 3.05) is 26.2 Å². The quantitative estimate of drug-likeness (QED) is 0.838. The van der Waals surface area contributed by atoms with E-state index in [2.05, 4.69) is 20.2 Å². The molecule has 2 aliphatic rings. The maximum atomic E-state index is 12.5. The van der Waals surface area contributed by atoms with Gasteiger partial charge in [0.2, 0.25) is 11.8 Å². The number of hydrogen-bond donors (Lipinski definition) is 0. The summed E-state index contributed by atoms with van der Waals surface area (Å²) >= 11 is 1.65. The molecule has 0 saturated carbocycles. The SMILES string of the molecule is Cc1oc(-c2ccsc2)nc1CN1CCC(C(=O)N2CCCC2)CC1. The van der Waals surface area contributed by atoms with Crippen LogP contribution in [0.1, 0.15) is 37.1 Å². The molecule has 0 unspecified atom stereocenters. The number of aryl methyl sites for hydroxylation is 1. The summed E-state index contributed by atoms with van der Waals surface area (Å²) in [6.45, 7) is 6.64. The number of aromatic nitrogens is 1. The fourth-order valence-corrected chi connectivity index (χ4v) is 4.46. The molecule has 0 N–H and O–H groups in total. The molecule has 0 atom stereocenters. The number of piperidine rings is 1. The van der Waals surface area contributed by atoms with E-state index in [1.165, 1.54) is 12.8 Å². The Morgan fingerprint density at radius 1 is 1.28 bits per heavy atom. The van der Waals surface area contributed by atoms with E-state index in [1.54, 1.807) is 11.3 Å². The zero-order chi connectivity index (χ0) is 17.2. The fraction of sp³-hybridized carbons (Fsp3) is 0.579. The molecule has 2 saturated heterocycles. The molecule has 0 spiro atoms. The lowest BCUT2D eigenvalue weighted by Gasteiger charge is -2.32. The molecule has 2 aromatic rings. The van der Waals surface area contributed by atoms with E-state index in [4.69, 9.17) is 4.42 Å². The van der Waals surface area contributed by atoms with Crippen LogP contribution in [-0.4, -0.2) is 46.9 Å². The van der Waals surface area contributed by atoms with Crippen molar-refractivity contribution >= 4 is 17.2 Å². The van der Waals surface area contributed by atoms with Gasteiger partial charge < -0.3 is 9.32 Å². The molecular formula is C19H25N3O2S. The number of hydrogen-bond acceptors (Lipinski definition) is 5. The van der Waals surface area contributed by atoms with Crippen molar-refractivity contribution < 1.29 is 9.21 Å². The van der Waals surface area contributed by atoms with Gasteiger partial charge in [-0.2, -0.15) is 11.3 Å². The van der Waals surface area contributed by atoms with E-state index in [-0.39, 0.29) is 5.92 Å². The van der Waals surface area contributed by atoms with Crippen LogP contribution >= 0.6 is 11.3 Å². The number of amides is 1. The van der Waals surface area contributed by atoms with Gasteiger partial charge in [-0.3, -0.25) is 9.69 Å². The second kappa shape index (κ2) is 7.30. The van der Waals surface area contributed by atoms with Crippen LogP contribution in [0.3, 0.4) is 0 Å². The van der Waals surface area contributed by atoms with Crippen LogP contribution in [0.4, 0.5) is 0 Å². The molecule has 5 nitrogen and oxygen atoms in total. The number of oxazole rings is 1. The van der Waals surface area contributed by atoms with Gasteiger partial charge in [-0.1, -0.05) is 0 Å². The Kier molecular flexibility index (Phi) is 4.90. The molecule has 2 fully saturated rings. The van der Waals surface area contributed by atoms with Gasteiger partial charge in [-0.25, -0.2) is 4.98 Å². The molecule has 0 aromatic carbocycles. The standard InChI is InChI=1S/C19H25N3O2S/c1-14-17(20-18(24-14)16-6-11-25-13-16)12-21-9-4-15(5-10-21)19(23)22-7-2-3-8-22/h6,11,13,15H,2-5,7-10,12H2,1H3. The van der Waals surface area contributed by atoms with Gasteiger partial charge in [0.1, 0.15) is 5.76 Å². The van der Waals surface area contributed by atoms with Crippen molar-refractivity contribution in [3.05, 3.63) is 28.3 Å². The van der Waals surface area contributed by atoms with Crippen molar-refractivity contribution in [3.63, 3.8) is 0 Å². The number of carbonyl (C=O) groups excluding carboxylic acids is 1. The zero-order valence-electron chi connectivity index (χ0n) is 14.7. The summed E-state index contributed by atoms with van der Waals surface area (Å²) in [5.74, 6) is 2.22. The number of rotatable bonds is 4. The maximum Gasteiger partial charge on any atom is 0.227 e. The number of thiophene rings is 1. The third-order valence-electron chi connectivity index (χ3n) is 5.39. The number of likely N-dealkylation sites (tertiary alicyclic amines) is 2. The predicted octanol–water partition coefficient (Wildman–Crippen LogP) is 3.55. The molecular weight excluding hydrogens is 334 g/mol. The fourth-order valence-electron chi connectivity index (χ4n) is 3.83. The first-order valence-electron chi connectivity index (χ1n) is 9.21. The normalized spacial score (nSPS) is 19.6. The third kappa shape index (κ3) is 3.65. The van der Waals surface area contributed by atoms with E-state index >= 15 is 0 Å². The van der Waals surface area contributed by atoms with E-state index in [0.717, 1.165) is 62.6 Å². The van der Waals surface area contributed by atoms with Crippen LogP contribution in [0.15, 0.2) is 21.2 Å². The Balaban J connectivity index is 1.33. The summed E-state index contributed by atoms with van der Waals surface area (Å²) in [5, 5.41) is 4.10. The third-order valence-corrected chi connectivity index (χ3v) is 6.07. The largest absolute Gasteiger partial charge is 0.441 e. The minimum absolute atomic E-state index is 0.217. The molecule has 1 amide bonds. The Morgan fingerprint density at radius 3 is 2.72 bits per heavy atom. The summed E-state index contributed by atoms with van der Waals surface area (Å²) in [7, 11) is 0. The molecule has 134 valence electrons. The van der Waals surface area contributed by atoms with Gasteiger partial charge in [0, 0.05) is 36.5 Å². The average molecular weight is 359 g/mol. The summed E-state index contributed by atoms with van der Waals surface area (Å²) in [4.78, 5) is 21.7. The molecule has 0 radical (unpaired) electrons. The molecule has 2 aromatic heterocycles. The summed E-state index contributed by atoms with van der Waals surface area (Å²) in [5.41, 5.74) is 2.07. The highest BCUT2D eigenvalue weighted by atomic mass is 32.1. The number of nitrogens with zero attached hydrogens (tertiary/aromatic N) is 3. The minimum Gasteiger partial charge on any atom is -0.441 e. The minimum atomic E-state index is 0.217. The monoisotopic (exact) mass is 359 g/mol. The molecule has 4 heterocycles. The van der Waals surface area contributed by atoms with Crippen LogP contribution in [0.2, 0.25) is 0 Å². The highest BCUT2D eigenvalue weighted by Crippen LogP contribution is 2.26. The molecule has 25 heavy (non-hydrogen) atoms. The molecule has 6 heteroatoms.